The van der Waals surface area contributed by atoms with Crippen LogP contribution in [-0.2, 0) is 5.41 Å². The summed E-state index contributed by atoms with van der Waals surface area (Å²) in [6.07, 6.45) is 0. The van der Waals surface area contributed by atoms with E-state index in [-0.39, 0.29) is 11.5 Å². The highest BCUT2D eigenvalue weighted by molar-refractivity contribution is 7.07. The zero-order valence-electron chi connectivity index (χ0n) is 14.3. The summed E-state index contributed by atoms with van der Waals surface area (Å²) < 4.78 is 5.40. The zero-order valence-corrected chi connectivity index (χ0v) is 15.1. The number of thiophene rings is 1. The van der Waals surface area contributed by atoms with Crippen LogP contribution in [0.1, 0.15) is 57.1 Å². The molecule has 1 N–H and O–H groups in total. The highest BCUT2D eigenvalue weighted by atomic mass is 32.1. The van der Waals surface area contributed by atoms with Gasteiger partial charge in [0.05, 0.1) is 6.04 Å². The average molecular weight is 322 g/mol. The molecule has 0 radical (unpaired) electrons. The van der Waals surface area contributed by atoms with Gasteiger partial charge in [-0.05, 0) is 43.4 Å². The molecule has 6 heteroatoms. The van der Waals surface area contributed by atoms with Crippen molar-refractivity contribution in [1.29, 1.82) is 0 Å². The molecule has 0 saturated heterocycles. The van der Waals surface area contributed by atoms with E-state index in [2.05, 4.69) is 79.0 Å². The van der Waals surface area contributed by atoms with Gasteiger partial charge in [-0.2, -0.15) is 16.3 Å². The van der Waals surface area contributed by atoms with Crippen molar-refractivity contribution in [2.45, 2.75) is 45.2 Å². The smallest absolute Gasteiger partial charge is 0.243 e. The fourth-order valence-electron chi connectivity index (χ4n) is 2.15. The second-order valence-corrected chi connectivity index (χ2v) is 7.65. The molecule has 22 heavy (non-hydrogen) atoms. The molecule has 0 unspecified atom stereocenters. The molecule has 2 rings (SSSR count). The van der Waals surface area contributed by atoms with Crippen LogP contribution in [0.25, 0.3) is 0 Å². The standard InChI is InChI=1S/C16H26N4OS/c1-11(14-18-15(19-21-14)16(2,3)4)17-9-13(20(5)6)12-7-8-22-10-12/h7-8,10-11,13,17H,9H2,1-6H3/t11-,13-/m1/s1. The van der Waals surface area contributed by atoms with Crippen molar-refractivity contribution in [2.24, 2.45) is 0 Å². The zero-order chi connectivity index (χ0) is 16.3. The van der Waals surface area contributed by atoms with Gasteiger partial charge in [-0.15, -0.1) is 0 Å². The van der Waals surface area contributed by atoms with E-state index < -0.39 is 0 Å². The summed E-state index contributed by atoms with van der Waals surface area (Å²) in [7, 11) is 4.19. The minimum Gasteiger partial charge on any atom is -0.338 e. The molecular formula is C16H26N4OS. The van der Waals surface area contributed by atoms with Gasteiger partial charge in [-0.1, -0.05) is 25.9 Å². The van der Waals surface area contributed by atoms with Crippen LogP contribution in [0.5, 0.6) is 0 Å². The molecule has 0 spiro atoms. The van der Waals surface area contributed by atoms with Crippen molar-refractivity contribution in [1.82, 2.24) is 20.4 Å². The molecule has 0 aliphatic rings. The maximum atomic E-state index is 5.40. The Hall–Kier alpha value is -1.24. The first-order valence-electron chi connectivity index (χ1n) is 7.55. The molecule has 0 amide bonds. The normalized spacial score (nSPS) is 15.2. The van der Waals surface area contributed by atoms with E-state index in [1.165, 1.54) is 5.56 Å². The van der Waals surface area contributed by atoms with Gasteiger partial charge in [-0.3, -0.25) is 0 Å². The van der Waals surface area contributed by atoms with Gasteiger partial charge in [0.2, 0.25) is 5.89 Å². The highest BCUT2D eigenvalue weighted by Gasteiger charge is 2.24. The minimum atomic E-state index is -0.0929. The molecule has 0 aliphatic carbocycles. The molecule has 2 aromatic rings. The first kappa shape index (κ1) is 17.1. The topological polar surface area (TPSA) is 54.2 Å². The van der Waals surface area contributed by atoms with Gasteiger partial charge in [0.1, 0.15) is 0 Å². The second kappa shape index (κ2) is 6.89. The summed E-state index contributed by atoms with van der Waals surface area (Å²) in [5.41, 5.74) is 1.24. The molecule has 5 nitrogen and oxygen atoms in total. The molecule has 0 aliphatic heterocycles. The Morgan fingerprint density at radius 3 is 2.59 bits per heavy atom. The van der Waals surface area contributed by atoms with Crippen LogP contribution in [0.15, 0.2) is 21.3 Å². The van der Waals surface area contributed by atoms with Gasteiger partial charge in [-0.25, -0.2) is 0 Å². The fourth-order valence-corrected chi connectivity index (χ4v) is 2.86. The lowest BCUT2D eigenvalue weighted by atomic mass is 9.96. The molecule has 2 atom stereocenters. The second-order valence-electron chi connectivity index (χ2n) is 6.87. The number of hydrogen-bond donors (Lipinski definition) is 1. The number of hydrogen-bond acceptors (Lipinski definition) is 6. The number of likely N-dealkylation sites (N-methyl/N-ethyl adjacent to an activating group) is 1. The first-order valence-corrected chi connectivity index (χ1v) is 8.49. The van der Waals surface area contributed by atoms with Gasteiger partial charge in [0.25, 0.3) is 0 Å². The van der Waals surface area contributed by atoms with Crippen molar-refractivity contribution in [3.8, 4) is 0 Å². The summed E-state index contributed by atoms with van der Waals surface area (Å²) in [5.74, 6) is 1.39. The van der Waals surface area contributed by atoms with E-state index >= 15 is 0 Å². The van der Waals surface area contributed by atoms with E-state index in [1.807, 2.05) is 0 Å². The lowest BCUT2D eigenvalue weighted by Crippen LogP contribution is -2.32. The Balaban J connectivity index is 1.99. The summed E-state index contributed by atoms with van der Waals surface area (Å²) in [5, 5.41) is 11.9. The van der Waals surface area contributed by atoms with Crippen LogP contribution >= 0.6 is 11.3 Å². The van der Waals surface area contributed by atoms with E-state index in [9.17, 15) is 0 Å². The quantitative estimate of drug-likeness (QED) is 0.883. The number of nitrogens with zero attached hydrogens (tertiary/aromatic N) is 3. The molecule has 0 bridgehead atoms. The largest absolute Gasteiger partial charge is 0.338 e. The van der Waals surface area contributed by atoms with Gasteiger partial charge in [0, 0.05) is 18.0 Å². The molecule has 0 aromatic carbocycles. The van der Waals surface area contributed by atoms with Crippen molar-refractivity contribution in [3.63, 3.8) is 0 Å². The maximum absolute atomic E-state index is 5.40. The third kappa shape index (κ3) is 4.15. The summed E-state index contributed by atoms with van der Waals surface area (Å²) >= 11 is 1.73. The van der Waals surface area contributed by atoms with E-state index in [0.29, 0.717) is 11.9 Å². The molecular weight excluding hydrogens is 296 g/mol. The van der Waals surface area contributed by atoms with E-state index in [4.69, 9.17) is 4.52 Å². The predicted molar refractivity (Wildman–Crippen MR) is 90.2 cm³/mol. The van der Waals surface area contributed by atoms with Crippen molar-refractivity contribution in [2.75, 3.05) is 20.6 Å². The Morgan fingerprint density at radius 1 is 1.36 bits per heavy atom. The maximum Gasteiger partial charge on any atom is 0.243 e. The van der Waals surface area contributed by atoms with Crippen LogP contribution in [0.2, 0.25) is 0 Å². The van der Waals surface area contributed by atoms with Gasteiger partial charge < -0.3 is 14.7 Å². The molecule has 0 fully saturated rings. The predicted octanol–water partition coefficient (Wildman–Crippen LogP) is 3.38. The lowest BCUT2D eigenvalue weighted by Gasteiger charge is -2.25. The number of aromatic nitrogens is 2. The highest BCUT2D eigenvalue weighted by Crippen LogP contribution is 2.23. The van der Waals surface area contributed by atoms with Crippen LogP contribution in [-0.4, -0.2) is 35.7 Å². The summed E-state index contributed by atoms with van der Waals surface area (Å²) in [6.45, 7) is 9.13. The number of rotatable bonds is 6. The average Bonchev–Trinajstić information content (AvgIpc) is 3.09. The molecule has 122 valence electrons. The fraction of sp³-hybridized carbons (Fsp3) is 0.625. The molecule has 0 saturated carbocycles. The Bertz CT molecular complexity index is 571. The Kier molecular flexibility index (Phi) is 5.36. The van der Waals surface area contributed by atoms with Crippen molar-refractivity contribution in [3.05, 3.63) is 34.1 Å². The molecule has 2 aromatic heterocycles. The third-order valence-corrected chi connectivity index (χ3v) is 4.35. The van der Waals surface area contributed by atoms with Gasteiger partial charge in [0.15, 0.2) is 5.82 Å². The Labute approximate surface area is 136 Å². The van der Waals surface area contributed by atoms with Crippen LogP contribution in [0, 0.1) is 0 Å². The number of nitrogens with one attached hydrogen (secondary N) is 1. The van der Waals surface area contributed by atoms with Crippen LogP contribution in [0.3, 0.4) is 0 Å². The summed E-state index contributed by atoms with van der Waals surface area (Å²) in [6, 6.07) is 2.54. The minimum absolute atomic E-state index is 0.0321. The van der Waals surface area contributed by atoms with Crippen molar-refractivity contribution >= 4 is 11.3 Å². The summed E-state index contributed by atoms with van der Waals surface area (Å²) in [4.78, 5) is 6.73. The van der Waals surface area contributed by atoms with E-state index in [0.717, 1.165) is 12.4 Å². The molecule has 2 heterocycles. The lowest BCUT2D eigenvalue weighted by molar-refractivity contribution is 0.268. The first-order chi connectivity index (χ1) is 10.3. The third-order valence-electron chi connectivity index (χ3n) is 3.65. The van der Waals surface area contributed by atoms with Gasteiger partial charge >= 0.3 is 0 Å². The SMILES string of the molecule is C[C@@H](NC[C@H](c1ccsc1)N(C)C)c1nc(C(C)(C)C)no1. The van der Waals surface area contributed by atoms with Crippen molar-refractivity contribution < 1.29 is 4.52 Å². The Morgan fingerprint density at radius 2 is 2.09 bits per heavy atom. The van der Waals surface area contributed by atoms with Crippen LogP contribution in [0.4, 0.5) is 0 Å². The monoisotopic (exact) mass is 322 g/mol. The van der Waals surface area contributed by atoms with Crippen LogP contribution < -0.4 is 5.32 Å². The van der Waals surface area contributed by atoms with E-state index in [1.54, 1.807) is 11.3 Å².